The Morgan fingerprint density at radius 2 is 0.607 bits per heavy atom. The summed E-state index contributed by atoms with van der Waals surface area (Å²) >= 11 is 0. The molecule has 0 unspecified atom stereocenters. The number of urea groups is 1. The molecule has 8 saturated heterocycles. The van der Waals surface area contributed by atoms with Crippen molar-refractivity contribution in [1.82, 2.24) is 43.5 Å². The van der Waals surface area contributed by atoms with Gasteiger partial charge in [0.1, 0.15) is 12.4 Å². The molecule has 792 valence electrons. The van der Waals surface area contributed by atoms with E-state index in [4.69, 9.17) is 4.74 Å². The molecule has 23 heteroatoms. The molecular weight excluding hydrogens is 1830 g/mol. The van der Waals surface area contributed by atoms with Gasteiger partial charge in [0.2, 0.25) is 40.1 Å². The Labute approximate surface area is 871 Å². The third kappa shape index (κ3) is 33.1. The summed E-state index contributed by atoms with van der Waals surface area (Å²) in [5, 5.41) is 0. The highest BCUT2D eigenvalue weighted by atomic mass is 32.2. The van der Waals surface area contributed by atoms with Crippen LogP contribution in [0.15, 0.2) is 188 Å². The van der Waals surface area contributed by atoms with E-state index < -0.39 is 10.0 Å². The molecule has 0 N–H and O–H groups in total. The minimum Gasteiger partial charge on any atom is -0.453 e. The van der Waals surface area contributed by atoms with E-state index in [1.54, 1.807) is 63.0 Å². The quantitative estimate of drug-likeness (QED) is 0.0933. The lowest BCUT2D eigenvalue weighted by molar-refractivity contribution is -0.139. The summed E-state index contributed by atoms with van der Waals surface area (Å²) in [5.74, 6) is 3.87. The van der Waals surface area contributed by atoms with Crippen molar-refractivity contribution >= 4 is 57.9 Å². The molecular formula is C122H175FN10O11S. The number of sulfonamides is 1. The number of benzene rings is 8. The molecule has 8 heterocycles. The molecule has 0 aliphatic carbocycles. The molecule has 8 aromatic carbocycles. The van der Waals surface area contributed by atoms with E-state index in [-0.39, 0.29) is 97.4 Å². The Morgan fingerprint density at radius 1 is 0.352 bits per heavy atom. The molecule has 8 aromatic rings. The topological polar surface area (TPSA) is 204 Å². The molecule has 145 heavy (non-hydrogen) atoms. The number of ether oxygens (including phenoxy) is 2. The second kappa shape index (κ2) is 48.9. The monoisotopic (exact) mass is 2010 g/mol. The summed E-state index contributed by atoms with van der Waals surface area (Å²) < 4.78 is 47.9. The molecule has 0 aromatic heterocycles. The minimum absolute atomic E-state index is 0.00769. The molecule has 21 nitrogen and oxygen atoms in total. The normalized spacial score (nSPS) is 16.7. The van der Waals surface area contributed by atoms with E-state index in [1.165, 1.54) is 95.6 Å². The summed E-state index contributed by atoms with van der Waals surface area (Å²) in [6, 6.07) is 67.0. The van der Waals surface area contributed by atoms with Crippen LogP contribution < -0.4 is 4.90 Å². The van der Waals surface area contributed by atoms with Crippen molar-refractivity contribution in [2.45, 2.75) is 271 Å². The first-order chi connectivity index (χ1) is 67.3. The SMILES string of the molecule is CC(=O)N1CC(c2ccc(C(C)(C)C)cc2)C1.CC(C)(C)c1ccc(C2CN(C=O)C2)cc1.CC(C)(C)c1ccc(C2CN(S(C)(=O)=O)C2)cc1.CCC(=O)N1CC(c2ccc(C(C)(C)C)cc2)C1.CN(C)C(=O)C1CN(c2ccc(C(C)(C)C)cc2F)C1.CN(C)C(=O)N1CC(c2ccc(C(C)(C)C)cc2)C1.COC(=O)N1CC(c2ccc(C(C)(C)C)cc2)C1.COCC(=O)N1CC(c2ccc(C(C)(C)C)cc2)C1. The second-order valence-electron chi connectivity index (χ2n) is 49.6. The third-order valence-corrected chi connectivity index (χ3v) is 30.4. The van der Waals surface area contributed by atoms with E-state index in [1.807, 2.05) is 48.5 Å². The van der Waals surface area contributed by atoms with E-state index in [9.17, 15) is 46.4 Å². The van der Waals surface area contributed by atoms with Crippen molar-refractivity contribution in [1.29, 1.82) is 0 Å². The van der Waals surface area contributed by atoms with E-state index in [0.717, 1.165) is 90.5 Å². The van der Waals surface area contributed by atoms with Gasteiger partial charge in [0.05, 0.1) is 25.0 Å². The molecule has 0 atom stereocenters. The van der Waals surface area contributed by atoms with Crippen molar-refractivity contribution in [2.24, 2.45) is 5.92 Å². The van der Waals surface area contributed by atoms with Gasteiger partial charge in [-0.3, -0.25) is 24.0 Å². The van der Waals surface area contributed by atoms with Crippen molar-refractivity contribution in [3.63, 3.8) is 0 Å². The maximum absolute atomic E-state index is 14.2. The zero-order valence-electron chi connectivity index (χ0n) is 94.1. The molecule has 8 aliphatic rings. The van der Waals surface area contributed by atoms with Gasteiger partial charge in [-0.05, 0) is 139 Å². The van der Waals surface area contributed by atoms with Gasteiger partial charge in [0.15, 0.2) is 0 Å². The molecule has 8 aliphatic heterocycles. The van der Waals surface area contributed by atoms with Crippen molar-refractivity contribution in [3.05, 3.63) is 277 Å². The Hall–Kier alpha value is -10.8. The minimum atomic E-state index is -3.01. The van der Waals surface area contributed by atoms with Crippen LogP contribution in [0.2, 0.25) is 0 Å². The number of hydrogen-bond donors (Lipinski definition) is 0. The number of likely N-dealkylation sites (tertiary alicyclic amines) is 6. The largest absolute Gasteiger partial charge is 0.453 e. The van der Waals surface area contributed by atoms with E-state index in [0.29, 0.717) is 79.7 Å². The summed E-state index contributed by atoms with van der Waals surface area (Å²) in [5.41, 5.74) is 21.7. The second-order valence-corrected chi connectivity index (χ2v) is 51.6. The summed E-state index contributed by atoms with van der Waals surface area (Å²) in [6.45, 7) is 69.1. The standard InChI is InChI=1S/C16H23FN2O.C16H24N2O.C16H23NO2.C16H23NO.C15H21NO2.C15H21NO.C14H21NO2S.C14H19NO/c1-16(2,3)12-6-7-14(13(17)8-12)19-9-11(10-19)15(20)18(4)5;1-16(2,3)14-8-6-12(7-9-14)13-10-18(11-13)15(19)17(4)5;1-16(2,3)14-7-5-12(6-8-14)13-9-17(10-13)15(18)11-19-4;1-5-15(18)17-10-13(11-17)12-6-8-14(9-7-12)16(2,3)4;1-15(2,3)13-7-5-11(6-8-13)12-9-16(10-12)14(17)18-4;1-11(17)16-9-13(10-16)12-5-7-14(8-6-12)15(2,3)4;1-14(2,3)13-7-5-11(6-8-13)12-9-15(10-12)18(4,16)17;1-14(2,3)13-6-4-11(5-7-13)12-8-15(9-12)10-16/h6-8,11H,9-10H2,1-5H3;6-9,13H,10-11H2,1-5H3;5-8,13H,9-11H2,1-4H3;6-9,13H,5,10-11H2,1-4H3;5-8,12H,9-10H2,1-4H3;5-8,13H,9-10H2,1-4H3;5-8,12H,9-10H2,1-4H3;4-7,10,12H,8-9H2,1-3H3. The van der Waals surface area contributed by atoms with E-state index in [2.05, 4.69) is 341 Å². The van der Waals surface area contributed by atoms with Gasteiger partial charge in [-0.25, -0.2) is 26.7 Å². The van der Waals surface area contributed by atoms with Gasteiger partial charge in [0, 0.05) is 195 Å². The molecule has 16 rings (SSSR count). The lowest BCUT2D eigenvalue weighted by Crippen LogP contribution is -2.53. The first-order valence-corrected chi connectivity index (χ1v) is 53.9. The van der Waals surface area contributed by atoms with Crippen LogP contribution in [0.25, 0.3) is 0 Å². The van der Waals surface area contributed by atoms with Gasteiger partial charge >= 0.3 is 12.1 Å². The van der Waals surface area contributed by atoms with Crippen LogP contribution in [-0.4, -0.2) is 254 Å². The highest BCUT2D eigenvalue weighted by molar-refractivity contribution is 7.88. The average molecular weight is 2010 g/mol. The van der Waals surface area contributed by atoms with Crippen LogP contribution in [0.3, 0.4) is 0 Å². The molecule has 0 spiro atoms. The summed E-state index contributed by atoms with van der Waals surface area (Å²) in [6.07, 6.45) is 2.60. The van der Waals surface area contributed by atoms with Crippen LogP contribution in [0.5, 0.6) is 0 Å². The van der Waals surface area contributed by atoms with E-state index >= 15 is 0 Å². The highest BCUT2D eigenvalue weighted by Crippen LogP contribution is 2.40. The Balaban J connectivity index is 0.000000185. The maximum atomic E-state index is 14.2. The van der Waals surface area contributed by atoms with Crippen molar-refractivity contribution in [2.75, 3.05) is 165 Å². The Morgan fingerprint density at radius 3 is 0.841 bits per heavy atom. The predicted molar refractivity (Wildman–Crippen MR) is 591 cm³/mol. The smallest absolute Gasteiger partial charge is 0.409 e. The van der Waals surface area contributed by atoms with Gasteiger partial charge in [-0.2, -0.15) is 0 Å². The first-order valence-electron chi connectivity index (χ1n) is 52.0. The van der Waals surface area contributed by atoms with Crippen LogP contribution in [-0.2, 0) is 86.8 Å². The van der Waals surface area contributed by atoms with Gasteiger partial charge in [-0.15, -0.1) is 0 Å². The fraction of sp³-hybridized carbons (Fsp3) is 0.549. The number of anilines is 1. The Bertz CT molecular complexity index is 5580. The number of carbonyl (C=O) groups excluding carboxylic acids is 7. The lowest BCUT2D eigenvalue weighted by Gasteiger charge is -2.41. The summed E-state index contributed by atoms with van der Waals surface area (Å²) in [7, 11) is 7.08. The molecule has 8 amide bonds. The first kappa shape index (κ1) is 118. The number of amides is 8. The van der Waals surface area contributed by atoms with Crippen LogP contribution in [0, 0.1) is 11.7 Å². The lowest BCUT2D eigenvalue weighted by atomic mass is 9.84. The van der Waals surface area contributed by atoms with Crippen molar-refractivity contribution < 1.29 is 55.8 Å². The van der Waals surface area contributed by atoms with Crippen molar-refractivity contribution in [3.8, 4) is 0 Å². The maximum Gasteiger partial charge on any atom is 0.409 e. The van der Waals surface area contributed by atoms with Crippen LogP contribution in [0.4, 0.5) is 19.7 Å². The number of hydrogen-bond acceptors (Lipinski definition) is 12. The number of methoxy groups -OCH3 is 2. The third-order valence-electron chi connectivity index (χ3n) is 29.2. The summed E-state index contributed by atoms with van der Waals surface area (Å²) in [4.78, 5) is 95.7. The zero-order valence-corrected chi connectivity index (χ0v) is 94.9. The number of carbonyl (C=O) groups is 7. The van der Waals surface area contributed by atoms with Gasteiger partial charge in [-0.1, -0.05) is 349 Å². The zero-order chi connectivity index (χ0) is 108. The Kier molecular flexibility index (Phi) is 39.7. The molecule has 0 bridgehead atoms. The fourth-order valence-corrected chi connectivity index (χ4v) is 19.1. The molecule has 0 saturated carbocycles. The predicted octanol–water partition coefficient (Wildman–Crippen LogP) is 22.6. The highest BCUT2D eigenvalue weighted by Gasteiger charge is 2.40. The molecule has 0 radical (unpaired) electrons. The number of rotatable bonds is 14. The van der Waals surface area contributed by atoms with Gasteiger partial charge < -0.3 is 53.6 Å². The molecule has 8 fully saturated rings. The average Bonchev–Trinajstić information content (AvgIpc) is 0.789. The number of nitrogens with zero attached hydrogens (tertiary/aromatic N) is 10. The number of halogens is 1. The van der Waals surface area contributed by atoms with Gasteiger partial charge in [0.25, 0.3) is 0 Å². The van der Waals surface area contributed by atoms with Crippen LogP contribution >= 0.6 is 0 Å². The van der Waals surface area contributed by atoms with Crippen LogP contribution in [0.1, 0.15) is 311 Å². The fourth-order valence-electron chi connectivity index (χ4n) is 18.2.